The molecule has 1 atom stereocenters. The molecule has 1 rings (SSSR count). The number of nitrogens with two attached hydrogens (primary N) is 1. The molecule has 0 spiro atoms. The van der Waals surface area contributed by atoms with Crippen LogP contribution in [0, 0.1) is 0 Å². The van der Waals surface area contributed by atoms with E-state index in [1.165, 1.54) is 18.2 Å². The molecule has 0 aliphatic rings. The minimum absolute atomic E-state index is 0.110. The van der Waals surface area contributed by atoms with Crippen LogP contribution in [-0.2, 0) is 10.0 Å². The van der Waals surface area contributed by atoms with Gasteiger partial charge in [-0.25, -0.2) is 13.1 Å². The Bertz CT molecular complexity index is 486. The second-order valence-corrected chi connectivity index (χ2v) is 6.14. The standard InChI is InChI=1S/C10H15BrN2O3S/c1-2-8(6-14)13-17(15,16)10-4-3-7(12)5-9(10)11/h3-5,8,13-14H,2,6,12H2,1H3. The normalized spacial score (nSPS) is 13.6. The predicted molar refractivity (Wildman–Crippen MR) is 70.0 cm³/mol. The lowest BCUT2D eigenvalue weighted by Crippen LogP contribution is -2.37. The van der Waals surface area contributed by atoms with E-state index in [0.29, 0.717) is 16.6 Å². The van der Waals surface area contributed by atoms with Gasteiger partial charge in [0.25, 0.3) is 0 Å². The quantitative estimate of drug-likeness (QED) is 0.707. The van der Waals surface area contributed by atoms with Gasteiger partial charge in [0, 0.05) is 16.2 Å². The number of benzene rings is 1. The van der Waals surface area contributed by atoms with Crippen LogP contribution in [0.15, 0.2) is 27.6 Å². The summed E-state index contributed by atoms with van der Waals surface area (Å²) in [6.07, 6.45) is 0.516. The Hall–Kier alpha value is -0.630. The Morgan fingerprint density at radius 2 is 2.18 bits per heavy atom. The number of sulfonamides is 1. The van der Waals surface area contributed by atoms with Crippen LogP contribution in [0.1, 0.15) is 13.3 Å². The highest BCUT2D eigenvalue weighted by molar-refractivity contribution is 9.10. The lowest BCUT2D eigenvalue weighted by Gasteiger charge is -2.15. The van der Waals surface area contributed by atoms with Gasteiger partial charge in [0.1, 0.15) is 0 Å². The molecule has 0 fully saturated rings. The maximum Gasteiger partial charge on any atom is 0.242 e. The summed E-state index contributed by atoms with van der Waals surface area (Å²) in [6.45, 7) is 1.56. The molecule has 4 N–H and O–H groups in total. The van der Waals surface area contributed by atoms with E-state index in [2.05, 4.69) is 20.7 Å². The number of hydrogen-bond donors (Lipinski definition) is 3. The predicted octanol–water partition coefficient (Wildman–Crippen LogP) is 1.08. The van der Waals surface area contributed by atoms with E-state index >= 15 is 0 Å². The first kappa shape index (κ1) is 14.4. The summed E-state index contributed by atoms with van der Waals surface area (Å²) in [5.74, 6) is 0. The van der Waals surface area contributed by atoms with Crippen molar-refractivity contribution in [3.05, 3.63) is 22.7 Å². The van der Waals surface area contributed by atoms with Gasteiger partial charge in [0.15, 0.2) is 0 Å². The van der Waals surface area contributed by atoms with Gasteiger partial charge in [-0.3, -0.25) is 0 Å². The Morgan fingerprint density at radius 1 is 1.53 bits per heavy atom. The summed E-state index contributed by atoms with van der Waals surface area (Å²) in [5, 5.41) is 8.99. The third-order valence-corrected chi connectivity index (χ3v) is 4.78. The van der Waals surface area contributed by atoms with Crippen LogP contribution < -0.4 is 10.5 Å². The molecule has 1 unspecified atom stereocenters. The highest BCUT2D eigenvalue weighted by Crippen LogP contribution is 2.24. The minimum atomic E-state index is -3.64. The summed E-state index contributed by atoms with van der Waals surface area (Å²) in [4.78, 5) is 0.110. The molecule has 0 saturated carbocycles. The largest absolute Gasteiger partial charge is 0.399 e. The fourth-order valence-corrected chi connectivity index (χ4v) is 3.67. The average molecular weight is 323 g/mol. The first-order valence-electron chi connectivity index (χ1n) is 5.09. The van der Waals surface area contributed by atoms with Crippen molar-refractivity contribution in [1.29, 1.82) is 0 Å². The van der Waals surface area contributed by atoms with Crippen molar-refractivity contribution in [3.63, 3.8) is 0 Å². The monoisotopic (exact) mass is 322 g/mol. The van der Waals surface area contributed by atoms with E-state index in [4.69, 9.17) is 10.8 Å². The second-order valence-electron chi connectivity index (χ2n) is 3.60. The van der Waals surface area contributed by atoms with Crippen LogP contribution in [-0.4, -0.2) is 26.2 Å². The number of rotatable bonds is 5. The van der Waals surface area contributed by atoms with E-state index in [1.807, 2.05) is 0 Å². The van der Waals surface area contributed by atoms with Crippen molar-refractivity contribution >= 4 is 31.6 Å². The molecule has 0 aromatic heterocycles. The van der Waals surface area contributed by atoms with Crippen molar-refractivity contribution < 1.29 is 13.5 Å². The van der Waals surface area contributed by atoms with Crippen LogP contribution in [0.4, 0.5) is 5.69 Å². The zero-order chi connectivity index (χ0) is 13.1. The molecule has 1 aromatic carbocycles. The van der Waals surface area contributed by atoms with Crippen LogP contribution in [0.25, 0.3) is 0 Å². The van der Waals surface area contributed by atoms with Crippen LogP contribution >= 0.6 is 15.9 Å². The van der Waals surface area contributed by atoms with E-state index < -0.39 is 16.1 Å². The molecule has 0 saturated heterocycles. The third-order valence-electron chi connectivity index (χ3n) is 2.28. The first-order chi connectivity index (χ1) is 7.90. The molecule has 0 radical (unpaired) electrons. The van der Waals surface area contributed by atoms with Crippen molar-refractivity contribution in [2.75, 3.05) is 12.3 Å². The van der Waals surface area contributed by atoms with Gasteiger partial charge in [-0.05, 0) is 40.5 Å². The molecule has 0 aliphatic heterocycles. The van der Waals surface area contributed by atoms with Gasteiger partial charge >= 0.3 is 0 Å². The maximum absolute atomic E-state index is 12.0. The fraction of sp³-hybridized carbons (Fsp3) is 0.400. The van der Waals surface area contributed by atoms with Gasteiger partial charge in [-0.2, -0.15) is 0 Å². The molecule has 0 aliphatic carbocycles. The first-order valence-corrected chi connectivity index (χ1v) is 7.36. The summed E-state index contributed by atoms with van der Waals surface area (Å²) in [5.41, 5.74) is 6.02. The number of hydrogen-bond acceptors (Lipinski definition) is 4. The zero-order valence-corrected chi connectivity index (χ0v) is 11.8. The van der Waals surface area contributed by atoms with Gasteiger partial charge < -0.3 is 10.8 Å². The topological polar surface area (TPSA) is 92.4 Å². The smallest absolute Gasteiger partial charge is 0.242 e. The molecule has 0 heterocycles. The maximum atomic E-state index is 12.0. The van der Waals surface area contributed by atoms with Crippen LogP contribution in [0.3, 0.4) is 0 Å². The molecule has 0 amide bonds. The van der Waals surface area contributed by atoms with E-state index in [-0.39, 0.29) is 11.5 Å². The minimum Gasteiger partial charge on any atom is -0.399 e. The Labute approximate surface area is 109 Å². The number of anilines is 1. The molecule has 7 heteroatoms. The third kappa shape index (κ3) is 3.67. The van der Waals surface area contributed by atoms with E-state index in [1.54, 1.807) is 6.92 Å². The summed E-state index contributed by atoms with van der Waals surface area (Å²) in [7, 11) is -3.64. The number of aliphatic hydroxyl groups excluding tert-OH is 1. The Kier molecular flexibility index (Phi) is 4.93. The SMILES string of the molecule is CCC(CO)NS(=O)(=O)c1ccc(N)cc1Br. The molecule has 0 bridgehead atoms. The van der Waals surface area contributed by atoms with Crippen molar-refractivity contribution in [1.82, 2.24) is 4.72 Å². The second kappa shape index (κ2) is 5.81. The Morgan fingerprint density at radius 3 is 2.65 bits per heavy atom. The zero-order valence-electron chi connectivity index (χ0n) is 9.35. The highest BCUT2D eigenvalue weighted by Gasteiger charge is 2.20. The summed E-state index contributed by atoms with van der Waals surface area (Å²) >= 11 is 3.16. The summed E-state index contributed by atoms with van der Waals surface area (Å²) in [6, 6.07) is 3.98. The molecule has 17 heavy (non-hydrogen) atoms. The molecular formula is C10H15BrN2O3S. The van der Waals surface area contributed by atoms with Crippen molar-refractivity contribution in [2.45, 2.75) is 24.3 Å². The molecule has 1 aromatic rings. The fourth-order valence-electron chi connectivity index (χ4n) is 1.27. The lowest BCUT2D eigenvalue weighted by atomic mass is 10.3. The molecule has 5 nitrogen and oxygen atoms in total. The van der Waals surface area contributed by atoms with Crippen molar-refractivity contribution in [3.8, 4) is 0 Å². The number of halogens is 1. The summed E-state index contributed by atoms with van der Waals surface area (Å²) < 4.78 is 26.8. The lowest BCUT2D eigenvalue weighted by molar-refractivity contribution is 0.254. The van der Waals surface area contributed by atoms with E-state index in [9.17, 15) is 8.42 Å². The number of aliphatic hydroxyl groups is 1. The van der Waals surface area contributed by atoms with Gasteiger partial charge in [-0.1, -0.05) is 6.92 Å². The van der Waals surface area contributed by atoms with Crippen molar-refractivity contribution in [2.24, 2.45) is 0 Å². The van der Waals surface area contributed by atoms with Crippen LogP contribution in [0.2, 0.25) is 0 Å². The van der Waals surface area contributed by atoms with Gasteiger partial charge in [0.05, 0.1) is 11.5 Å². The molecular weight excluding hydrogens is 308 g/mol. The highest BCUT2D eigenvalue weighted by atomic mass is 79.9. The van der Waals surface area contributed by atoms with E-state index in [0.717, 1.165) is 0 Å². The van der Waals surface area contributed by atoms with Gasteiger partial charge in [0.2, 0.25) is 10.0 Å². The van der Waals surface area contributed by atoms with Gasteiger partial charge in [-0.15, -0.1) is 0 Å². The average Bonchev–Trinajstić information content (AvgIpc) is 2.25. The van der Waals surface area contributed by atoms with Crippen LogP contribution in [0.5, 0.6) is 0 Å². The Balaban J connectivity index is 3.05. The number of nitrogen functional groups attached to an aromatic ring is 1. The molecule has 96 valence electrons. The number of nitrogens with one attached hydrogen (secondary N) is 1.